The zero-order valence-corrected chi connectivity index (χ0v) is 14.5. The highest BCUT2D eigenvalue weighted by Crippen LogP contribution is 2.50. The average Bonchev–Trinajstić information content (AvgIpc) is 3.35. The van der Waals surface area contributed by atoms with Crippen molar-refractivity contribution in [2.24, 2.45) is 17.8 Å². The molecule has 1 amide bonds. The first-order chi connectivity index (χ1) is 11.8. The lowest BCUT2D eigenvalue weighted by Crippen LogP contribution is -2.38. The maximum Gasteiger partial charge on any atom is 0.226 e. The van der Waals surface area contributed by atoms with Gasteiger partial charge in [0.1, 0.15) is 5.82 Å². The highest BCUT2D eigenvalue weighted by molar-refractivity contribution is 5.80. The van der Waals surface area contributed by atoms with Gasteiger partial charge in [0.25, 0.3) is 0 Å². The summed E-state index contributed by atoms with van der Waals surface area (Å²) in [5.41, 5.74) is 0. The molecule has 2 aliphatic heterocycles. The second kappa shape index (κ2) is 5.85. The zero-order valence-electron chi connectivity index (χ0n) is 14.5. The van der Waals surface area contributed by atoms with Crippen molar-refractivity contribution >= 4 is 5.91 Å². The fourth-order valence-electron chi connectivity index (χ4n) is 5.81. The van der Waals surface area contributed by atoms with Gasteiger partial charge in [-0.2, -0.15) is 0 Å². The molecule has 2 aliphatic carbocycles. The number of carbonyl (C=O) groups excluding carboxylic acids is 1. The third kappa shape index (κ3) is 2.31. The highest BCUT2D eigenvalue weighted by atomic mass is 16.2. The molecule has 3 fully saturated rings. The summed E-state index contributed by atoms with van der Waals surface area (Å²) in [5, 5.41) is 9.01. The van der Waals surface area contributed by atoms with E-state index in [9.17, 15) is 4.79 Å². The van der Waals surface area contributed by atoms with Crippen molar-refractivity contribution in [3.63, 3.8) is 0 Å². The number of likely N-dealkylation sites (tertiary alicyclic amines) is 1. The fraction of sp³-hybridized carbons (Fsp3) is 0.842. The molecule has 1 saturated heterocycles. The molecule has 0 radical (unpaired) electrons. The number of amides is 1. The largest absolute Gasteiger partial charge is 0.332 e. The number of hydrogen-bond donors (Lipinski definition) is 0. The van der Waals surface area contributed by atoms with Crippen LogP contribution in [0.5, 0.6) is 0 Å². The van der Waals surface area contributed by atoms with Crippen LogP contribution in [0, 0.1) is 17.8 Å². The van der Waals surface area contributed by atoms with Gasteiger partial charge in [-0.15, -0.1) is 10.2 Å². The Morgan fingerprint density at radius 1 is 0.958 bits per heavy atom. The predicted molar refractivity (Wildman–Crippen MR) is 90.2 cm³/mol. The Bertz CT molecular complexity index is 639. The van der Waals surface area contributed by atoms with Crippen LogP contribution in [0.4, 0.5) is 0 Å². The Hall–Kier alpha value is -1.39. The molecule has 3 heterocycles. The van der Waals surface area contributed by atoms with E-state index in [1.165, 1.54) is 38.5 Å². The maximum absolute atomic E-state index is 13.2. The lowest BCUT2D eigenvalue weighted by atomic mass is 9.87. The van der Waals surface area contributed by atoms with Gasteiger partial charge in [0.15, 0.2) is 5.82 Å². The summed E-state index contributed by atoms with van der Waals surface area (Å²) in [6, 6.07) is 0.177. The fourth-order valence-corrected chi connectivity index (χ4v) is 5.81. The SMILES string of the molecule is O=C([C@@H]1C[C@H]2CC[C@H]1C2)N1CCC[C@@H]1c1nnc2n1CCCCC2. The summed E-state index contributed by atoms with van der Waals surface area (Å²) in [4.78, 5) is 15.4. The second-order valence-electron chi connectivity index (χ2n) is 8.41. The normalized spacial score (nSPS) is 35.2. The quantitative estimate of drug-likeness (QED) is 0.838. The number of rotatable bonds is 2. The van der Waals surface area contributed by atoms with E-state index in [2.05, 4.69) is 19.7 Å². The van der Waals surface area contributed by atoms with Gasteiger partial charge in [-0.1, -0.05) is 12.8 Å². The van der Waals surface area contributed by atoms with E-state index in [1.54, 1.807) is 0 Å². The van der Waals surface area contributed by atoms with Gasteiger partial charge in [-0.05, 0) is 56.8 Å². The molecule has 4 aliphatic rings. The van der Waals surface area contributed by atoms with Crippen molar-refractivity contribution in [1.29, 1.82) is 0 Å². The Kier molecular flexibility index (Phi) is 3.64. The topological polar surface area (TPSA) is 51.0 Å². The van der Waals surface area contributed by atoms with E-state index < -0.39 is 0 Å². The molecule has 0 unspecified atom stereocenters. The zero-order chi connectivity index (χ0) is 16.1. The first-order valence-electron chi connectivity index (χ1n) is 10.0. The van der Waals surface area contributed by atoms with Gasteiger partial charge in [-0.25, -0.2) is 0 Å². The number of carbonyl (C=O) groups is 1. The van der Waals surface area contributed by atoms with Crippen LogP contribution >= 0.6 is 0 Å². The number of hydrogen-bond acceptors (Lipinski definition) is 3. The van der Waals surface area contributed by atoms with Crippen LogP contribution in [0.3, 0.4) is 0 Å². The molecular formula is C19H28N4O. The van der Waals surface area contributed by atoms with Crippen LogP contribution in [0.25, 0.3) is 0 Å². The second-order valence-corrected chi connectivity index (χ2v) is 8.41. The molecule has 0 N–H and O–H groups in total. The first-order valence-corrected chi connectivity index (χ1v) is 10.0. The third-order valence-electron chi connectivity index (χ3n) is 7.03. The minimum atomic E-state index is 0.177. The molecule has 0 spiro atoms. The molecule has 1 aromatic heterocycles. The van der Waals surface area contributed by atoms with Crippen molar-refractivity contribution in [3.05, 3.63) is 11.6 Å². The molecule has 5 heteroatoms. The van der Waals surface area contributed by atoms with Gasteiger partial charge in [-0.3, -0.25) is 4.79 Å². The van der Waals surface area contributed by atoms with Crippen molar-refractivity contribution in [2.45, 2.75) is 76.8 Å². The Balaban J connectivity index is 1.40. The van der Waals surface area contributed by atoms with E-state index >= 15 is 0 Å². The standard InChI is InChI=1S/C19H28N4O/c24-19(15-12-13-7-8-14(15)11-13)22-10-4-5-16(22)18-21-20-17-6-2-1-3-9-23(17)18/h13-16H,1-12H2/t13-,14-,15+,16+/m0/s1. The highest BCUT2D eigenvalue weighted by Gasteiger charge is 2.46. The van der Waals surface area contributed by atoms with Crippen LogP contribution in [0.15, 0.2) is 0 Å². The molecule has 2 bridgehead atoms. The molecule has 5 nitrogen and oxygen atoms in total. The Morgan fingerprint density at radius 3 is 2.75 bits per heavy atom. The van der Waals surface area contributed by atoms with Gasteiger partial charge in [0.05, 0.1) is 6.04 Å². The average molecular weight is 328 g/mol. The maximum atomic E-state index is 13.2. The summed E-state index contributed by atoms with van der Waals surface area (Å²) in [6.07, 6.45) is 12.0. The molecule has 5 rings (SSSR count). The van der Waals surface area contributed by atoms with Gasteiger partial charge < -0.3 is 9.47 Å². The Labute approximate surface area is 143 Å². The van der Waals surface area contributed by atoms with E-state index in [-0.39, 0.29) is 6.04 Å². The predicted octanol–water partition coefficient (Wildman–Crippen LogP) is 3.10. The van der Waals surface area contributed by atoms with Crippen LogP contribution in [0.2, 0.25) is 0 Å². The Morgan fingerprint density at radius 2 is 1.92 bits per heavy atom. The lowest BCUT2D eigenvalue weighted by molar-refractivity contribution is -0.138. The number of nitrogens with zero attached hydrogens (tertiary/aromatic N) is 4. The van der Waals surface area contributed by atoms with Crippen molar-refractivity contribution < 1.29 is 4.79 Å². The summed E-state index contributed by atoms with van der Waals surface area (Å²) in [5.74, 6) is 4.43. The summed E-state index contributed by atoms with van der Waals surface area (Å²) in [7, 11) is 0. The molecule has 0 aromatic carbocycles. The van der Waals surface area contributed by atoms with Crippen LogP contribution in [-0.2, 0) is 17.8 Å². The number of aromatic nitrogens is 3. The van der Waals surface area contributed by atoms with Crippen molar-refractivity contribution in [1.82, 2.24) is 19.7 Å². The molecule has 130 valence electrons. The smallest absolute Gasteiger partial charge is 0.226 e. The molecule has 4 atom stereocenters. The van der Waals surface area contributed by atoms with Crippen molar-refractivity contribution in [2.75, 3.05) is 6.54 Å². The number of fused-ring (bicyclic) bond motifs is 3. The minimum absolute atomic E-state index is 0.177. The summed E-state index contributed by atoms with van der Waals surface area (Å²) in [6.45, 7) is 1.95. The van der Waals surface area contributed by atoms with Crippen LogP contribution in [0.1, 0.15) is 75.5 Å². The van der Waals surface area contributed by atoms with Crippen LogP contribution in [-0.4, -0.2) is 32.1 Å². The lowest BCUT2D eigenvalue weighted by Gasteiger charge is -2.30. The molecule has 24 heavy (non-hydrogen) atoms. The van der Waals surface area contributed by atoms with E-state index in [0.717, 1.165) is 56.3 Å². The molecule has 2 saturated carbocycles. The van der Waals surface area contributed by atoms with E-state index in [4.69, 9.17) is 0 Å². The minimum Gasteiger partial charge on any atom is -0.332 e. The third-order valence-corrected chi connectivity index (χ3v) is 7.03. The van der Waals surface area contributed by atoms with E-state index in [0.29, 0.717) is 17.7 Å². The molecule has 1 aromatic rings. The monoisotopic (exact) mass is 328 g/mol. The summed E-state index contributed by atoms with van der Waals surface area (Å²) < 4.78 is 2.34. The van der Waals surface area contributed by atoms with Crippen molar-refractivity contribution in [3.8, 4) is 0 Å². The van der Waals surface area contributed by atoms with Gasteiger partial charge >= 0.3 is 0 Å². The first kappa shape index (κ1) is 14.9. The van der Waals surface area contributed by atoms with Gasteiger partial charge in [0.2, 0.25) is 5.91 Å². The van der Waals surface area contributed by atoms with Crippen LogP contribution < -0.4 is 0 Å². The number of aryl methyl sites for hydroxylation is 1. The molecular weight excluding hydrogens is 300 g/mol. The van der Waals surface area contributed by atoms with Gasteiger partial charge in [0, 0.05) is 25.4 Å². The van der Waals surface area contributed by atoms with E-state index in [1.807, 2.05) is 0 Å². The summed E-state index contributed by atoms with van der Waals surface area (Å²) >= 11 is 0.